The molecule has 10 rings (SSSR count). The van der Waals surface area contributed by atoms with Gasteiger partial charge in [-0.2, -0.15) is 0 Å². The molecule has 10 aliphatic heterocycles. The molecule has 0 N–H and O–H groups in total. The third-order valence-corrected chi connectivity index (χ3v) is 59.3. The van der Waals surface area contributed by atoms with Crippen molar-refractivity contribution in [2.75, 3.05) is 0 Å². The Labute approximate surface area is 111 Å². The molecule has 1 nitrogen and oxygen atoms in total. The summed E-state index contributed by atoms with van der Waals surface area (Å²) in [6.07, 6.45) is 3.58. The molecule has 0 bridgehead atoms. The van der Waals surface area contributed by atoms with Gasteiger partial charge in [-0.15, -0.1) is 0 Å². The second-order valence-electron chi connectivity index (χ2n) is 11.7. The molecule has 104 valence electrons. The summed E-state index contributed by atoms with van der Waals surface area (Å²) in [5.74, 6) is 0.799. The summed E-state index contributed by atoms with van der Waals surface area (Å²) in [5, 5.41) is 0. The number of hydrogen-bond donors (Lipinski definition) is 0. The van der Waals surface area contributed by atoms with E-state index in [0.29, 0.717) is 4.31 Å². The van der Waals surface area contributed by atoms with Crippen LogP contribution >= 0.6 is 15.9 Å². The SMILES string of the molecule is CCCCC(Br)C(=O)[C]12[CH]3[CH]4[CH]5[CH]1[Fe]45321678[CH]2[CH]1[CH]6[CH]7[CH]28. The molecule has 19 heavy (non-hydrogen) atoms. The normalized spacial score (nSPS) is 109. The Morgan fingerprint density at radius 1 is 1.11 bits per heavy atom. The summed E-state index contributed by atoms with van der Waals surface area (Å²) in [7, 11) is 0. The molecule has 10 fully saturated rings. The van der Waals surface area contributed by atoms with Crippen molar-refractivity contribution in [1.82, 2.24) is 0 Å². The van der Waals surface area contributed by atoms with Gasteiger partial charge in [0, 0.05) is 0 Å². The molecule has 5 atom stereocenters. The number of alkyl halides is 1. The molecule has 10 heterocycles. The van der Waals surface area contributed by atoms with E-state index in [1.807, 2.05) is 0 Å². The van der Waals surface area contributed by atoms with Crippen molar-refractivity contribution in [1.29, 1.82) is 0 Å². The van der Waals surface area contributed by atoms with Crippen LogP contribution in [0.2, 0.25) is 47.7 Å². The maximum absolute atomic E-state index is 13.4. The van der Waals surface area contributed by atoms with E-state index in [4.69, 9.17) is 0 Å². The number of ketones is 1. The third kappa shape index (κ3) is 0.100. The first-order valence-corrected chi connectivity index (χ1v) is 15.5. The van der Waals surface area contributed by atoms with Crippen LogP contribution in [0.15, 0.2) is 0 Å². The van der Waals surface area contributed by atoms with Crippen molar-refractivity contribution in [3.63, 3.8) is 0 Å². The van der Waals surface area contributed by atoms with Gasteiger partial charge in [-0.05, 0) is 0 Å². The van der Waals surface area contributed by atoms with Crippen molar-refractivity contribution in [3.8, 4) is 0 Å². The standard InChI is InChI=1S/C11H14BrO.C5H5.Fe/c1-2-3-8-10(12)11(13)9-6-4-5-7-9;1-2-4-5-3-1;/h4-7,10H,2-3,8H2,1H3;1-5H;. The van der Waals surface area contributed by atoms with Crippen molar-refractivity contribution in [2.24, 2.45) is 0 Å². The van der Waals surface area contributed by atoms with Crippen LogP contribution in [0.4, 0.5) is 0 Å². The average molecular weight is 363 g/mol. The van der Waals surface area contributed by atoms with Crippen LogP contribution < -0.4 is 0 Å². The summed E-state index contributed by atoms with van der Waals surface area (Å²) >= 11 is 3.83. The van der Waals surface area contributed by atoms with Crippen LogP contribution in [0.5, 0.6) is 0 Å². The van der Waals surface area contributed by atoms with Gasteiger partial charge in [-0.3, -0.25) is 0 Å². The quantitative estimate of drug-likeness (QED) is 0.481. The first kappa shape index (κ1) is 8.34. The van der Waals surface area contributed by atoms with Gasteiger partial charge in [-0.1, -0.05) is 0 Å². The molecule has 0 amide bonds. The Kier molecular flexibility index (Phi) is 0.333. The molecule has 5 unspecified atom stereocenters. The van der Waals surface area contributed by atoms with Crippen molar-refractivity contribution >= 4 is 21.7 Å². The van der Waals surface area contributed by atoms with Crippen LogP contribution in [0, 0.1) is 0 Å². The number of rotatable bonds is 5. The zero-order chi connectivity index (χ0) is 12.3. The molecule has 10 saturated heterocycles. The van der Waals surface area contributed by atoms with Gasteiger partial charge in [-0.25, -0.2) is 0 Å². The van der Waals surface area contributed by atoms with Crippen molar-refractivity contribution in [2.45, 2.75) is 78.7 Å². The van der Waals surface area contributed by atoms with Crippen LogP contribution in [-0.2, 0) is 11.3 Å². The zero-order valence-corrected chi connectivity index (χ0v) is 13.7. The fourth-order valence-electron chi connectivity index (χ4n) is 17.6. The maximum atomic E-state index is 13.4. The first-order valence-electron chi connectivity index (χ1n) is 8.33. The van der Waals surface area contributed by atoms with E-state index in [-0.39, 0.29) is 4.83 Å². The summed E-state index contributed by atoms with van der Waals surface area (Å²) in [5.41, 5.74) is 0. The summed E-state index contributed by atoms with van der Waals surface area (Å²) in [6.45, 7) is -0.883. The van der Waals surface area contributed by atoms with E-state index in [9.17, 15) is 4.79 Å². The molecule has 0 saturated carbocycles. The fourth-order valence-corrected chi connectivity index (χ4v) is 92.5. The average Bonchev–Trinajstić information content (AvgIpc) is 3.36. The molecule has 10 aliphatic rings. The molecule has 1 spiro atoms. The number of Topliss-reactive ketones (excluding diaryl/α,β-unsaturated/α-hetero) is 1. The zero-order valence-electron chi connectivity index (χ0n) is 11.0. The summed E-state index contributed by atoms with van der Waals surface area (Å²) < 4.78 is 0.487. The minimum atomic E-state index is -3.13. The van der Waals surface area contributed by atoms with E-state index in [1.54, 1.807) is 0 Å². The van der Waals surface area contributed by atoms with E-state index in [2.05, 4.69) is 22.9 Å². The van der Waals surface area contributed by atoms with Crippen molar-refractivity contribution < 1.29 is 11.3 Å². The van der Waals surface area contributed by atoms with E-state index in [1.165, 1.54) is 46.6 Å². The van der Waals surface area contributed by atoms with E-state index < -0.39 is 6.51 Å². The first-order chi connectivity index (χ1) is 8.94. The predicted molar refractivity (Wildman–Crippen MR) is 73.7 cm³/mol. The molecule has 0 aromatic carbocycles. The van der Waals surface area contributed by atoms with Gasteiger partial charge in [0.05, 0.1) is 0 Å². The topological polar surface area (TPSA) is 17.1 Å². The van der Waals surface area contributed by atoms with Gasteiger partial charge in [0.1, 0.15) is 0 Å². The molecule has 0 aliphatic carbocycles. The Bertz CT molecular complexity index is 945. The predicted octanol–water partition coefficient (Wildman–Crippen LogP) is 5.27. The molecule has 0 aromatic rings. The Balaban J connectivity index is 1.33. The number of carbonyl (C=O) groups is 1. The van der Waals surface area contributed by atoms with Crippen LogP contribution in [-0.4, -0.2) is 10.6 Å². The van der Waals surface area contributed by atoms with Crippen LogP contribution in [0.25, 0.3) is 0 Å². The van der Waals surface area contributed by atoms with E-state index >= 15 is 0 Å². The van der Waals surface area contributed by atoms with Crippen molar-refractivity contribution in [3.05, 3.63) is 0 Å². The molecule has 0 radical (unpaired) electrons. The van der Waals surface area contributed by atoms with Gasteiger partial charge in [0.15, 0.2) is 0 Å². The molecular formula is C16H19BrFeO. The van der Waals surface area contributed by atoms with Gasteiger partial charge in [0.25, 0.3) is 0 Å². The number of fused-ring (bicyclic) bond motifs is 10. The van der Waals surface area contributed by atoms with Crippen LogP contribution in [0.1, 0.15) is 26.2 Å². The van der Waals surface area contributed by atoms with Crippen LogP contribution in [0.3, 0.4) is 0 Å². The number of carbonyl (C=O) groups excluding carboxylic acids is 1. The second-order valence-corrected chi connectivity index (χ2v) is 36.3. The fraction of sp³-hybridized carbons (Fsp3) is 0.938. The van der Waals surface area contributed by atoms with Gasteiger partial charge < -0.3 is 0 Å². The minimum absolute atomic E-state index is 0.243. The summed E-state index contributed by atoms with van der Waals surface area (Å²) in [6, 6.07) is 0. The Hall–Kier alpha value is 0.669. The summed E-state index contributed by atoms with van der Waals surface area (Å²) in [4.78, 5) is 25.0. The number of hydrogen-bond acceptors (Lipinski definition) is 1. The molecular weight excluding hydrogens is 344 g/mol. The number of halogens is 1. The second kappa shape index (κ2) is 0.758. The van der Waals surface area contributed by atoms with Gasteiger partial charge in [0.2, 0.25) is 0 Å². The molecule has 3 heteroatoms. The van der Waals surface area contributed by atoms with E-state index in [0.717, 1.165) is 21.8 Å². The third-order valence-electron chi connectivity index (χ3n) is 16.1. The Morgan fingerprint density at radius 3 is 1.95 bits per heavy atom. The number of unbranched alkanes of at least 4 members (excludes halogenated alkanes) is 1. The van der Waals surface area contributed by atoms with Gasteiger partial charge >= 0.3 is 112 Å². The monoisotopic (exact) mass is 362 g/mol. The molecule has 0 aromatic heterocycles. The Morgan fingerprint density at radius 2 is 1.63 bits per heavy atom.